The predicted octanol–water partition coefficient (Wildman–Crippen LogP) is 3.44. The molecule has 0 spiro atoms. The van der Waals surface area contributed by atoms with Crippen LogP contribution in [0.2, 0.25) is 5.02 Å². The molecule has 19 heavy (non-hydrogen) atoms. The lowest BCUT2D eigenvalue weighted by molar-refractivity contribution is 0.423. The predicted molar refractivity (Wildman–Crippen MR) is 79.9 cm³/mol. The van der Waals surface area contributed by atoms with Crippen molar-refractivity contribution in [3.8, 4) is 11.6 Å². The van der Waals surface area contributed by atoms with Crippen molar-refractivity contribution in [2.75, 3.05) is 6.54 Å². The van der Waals surface area contributed by atoms with Gasteiger partial charge in [-0.1, -0.05) is 11.6 Å². The molecule has 0 aliphatic heterocycles. The zero-order chi connectivity index (χ0) is 14.0. The van der Waals surface area contributed by atoms with Gasteiger partial charge in [0.05, 0.1) is 10.2 Å². The first-order chi connectivity index (χ1) is 9.02. The van der Waals surface area contributed by atoms with Gasteiger partial charge in [0.1, 0.15) is 5.75 Å². The van der Waals surface area contributed by atoms with Gasteiger partial charge in [-0.15, -0.1) is 0 Å². The molecule has 1 aromatic carbocycles. The largest absolute Gasteiger partial charge is 0.438 e. The maximum absolute atomic E-state index is 5.94. The second kappa shape index (κ2) is 5.94. The average molecular weight is 345 g/mol. The number of aromatic nitrogens is 2. The van der Waals surface area contributed by atoms with E-state index in [0.717, 1.165) is 22.2 Å². The monoisotopic (exact) mass is 343 g/mol. The summed E-state index contributed by atoms with van der Waals surface area (Å²) in [4.78, 5) is 0. The number of aryl methyl sites for hydroxylation is 2. The number of hydrogen-bond acceptors (Lipinski definition) is 3. The zero-order valence-electron chi connectivity index (χ0n) is 10.8. The number of benzene rings is 1. The molecule has 0 fully saturated rings. The fraction of sp³-hybridized carbons (Fsp3) is 0.308. The summed E-state index contributed by atoms with van der Waals surface area (Å²) in [5.74, 6) is 1.41. The highest BCUT2D eigenvalue weighted by Crippen LogP contribution is 2.34. The van der Waals surface area contributed by atoms with Gasteiger partial charge >= 0.3 is 0 Å². The summed E-state index contributed by atoms with van der Waals surface area (Å²) in [6.45, 7) is 2.51. The van der Waals surface area contributed by atoms with Gasteiger partial charge in [-0.3, -0.25) is 0 Å². The first-order valence-electron chi connectivity index (χ1n) is 5.88. The lowest BCUT2D eigenvalue weighted by Gasteiger charge is -2.10. The Kier molecular flexibility index (Phi) is 4.50. The maximum atomic E-state index is 5.94. The summed E-state index contributed by atoms with van der Waals surface area (Å²) >= 11 is 9.35. The Morgan fingerprint density at radius 2 is 2.21 bits per heavy atom. The third-order valence-electron chi connectivity index (χ3n) is 2.78. The van der Waals surface area contributed by atoms with Gasteiger partial charge in [-0.25, -0.2) is 4.68 Å². The minimum Gasteiger partial charge on any atom is -0.438 e. The first kappa shape index (κ1) is 14.4. The molecule has 102 valence electrons. The van der Waals surface area contributed by atoms with Crippen molar-refractivity contribution < 1.29 is 4.74 Å². The van der Waals surface area contributed by atoms with Crippen LogP contribution in [0.15, 0.2) is 22.7 Å². The van der Waals surface area contributed by atoms with Crippen LogP contribution in [-0.2, 0) is 13.5 Å². The molecule has 0 amide bonds. The lowest BCUT2D eigenvalue weighted by atomic mass is 10.2. The van der Waals surface area contributed by atoms with Crippen molar-refractivity contribution in [1.82, 2.24) is 9.78 Å². The number of halogens is 2. The molecule has 0 bridgehead atoms. The van der Waals surface area contributed by atoms with Crippen molar-refractivity contribution in [2.45, 2.75) is 13.3 Å². The Morgan fingerprint density at radius 1 is 1.47 bits per heavy atom. The highest BCUT2D eigenvalue weighted by atomic mass is 79.9. The van der Waals surface area contributed by atoms with Crippen LogP contribution >= 0.6 is 27.5 Å². The summed E-state index contributed by atoms with van der Waals surface area (Å²) in [5.41, 5.74) is 7.60. The lowest BCUT2D eigenvalue weighted by Crippen LogP contribution is -2.05. The number of nitrogens with zero attached hydrogens (tertiary/aromatic N) is 2. The molecule has 4 nitrogen and oxygen atoms in total. The molecule has 0 saturated carbocycles. The topological polar surface area (TPSA) is 53.1 Å². The number of rotatable bonds is 4. The van der Waals surface area contributed by atoms with E-state index in [2.05, 4.69) is 21.0 Å². The van der Waals surface area contributed by atoms with Crippen LogP contribution in [0.1, 0.15) is 11.3 Å². The smallest absolute Gasteiger partial charge is 0.221 e. The molecular weight excluding hydrogens is 330 g/mol. The molecule has 1 aromatic heterocycles. The number of nitrogens with two attached hydrogens (primary N) is 1. The van der Waals surface area contributed by atoms with Crippen LogP contribution in [0.4, 0.5) is 0 Å². The summed E-state index contributed by atoms with van der Waals surface area (Å²) in [7, 11) is 1.85. The summed E-state index contributed by atoms with van der Waals surface area (Å²) in [5, 5.41) is 5.02. The molecular formula is C13H15BrClN3O. The minimum absolute atomic E-state index is 0.560. The molecule has 0 unspecified atom stereocenters. The Bertz CT molecular complexity index is 598. The van der Waals surface area contributed by atoms with Crippen molar-refractivity contribution >= 4 is 27.5 Å². The van der Waals surface area contributed by atoms with Crippen LogP contribution in [0.25, 0.3) is 0 Å². The molecule has 0 aliphatic rings. The van der Waals surface area contributed by atoms with Gasteiger partial charge in [-0.2, -0.15) is 5.10 Å². The standard InChI is InChI=1S/C13H15BrClN3O/c1-8-10(5-6-16)13(18(2)17-8)19-12-4-3-9(15)7-11(12)14/h3-4,7H,5-6,16H2,1-2H3. The molecule has 2 N–H and O–H groups in total. The van der Waals surface area contributed by atoms with Crippen molar-refractivity contribution in [3.05, 3.63) is 39.0 Å². The first-order valence-corrected chi connectivity index (χ1v) is 7.05. The number of hydrogen-bond donors (Lipinski definition) is 1. The van der Waals surface area contributed by atoms with Gasteiger partial charge < -0.3 is 10.5 Å². The average Bonchev–Trinajstić information content (AvgIpc) is 2.60. The zero-order valence-corrected chi connectivity index (χ0v) is 13.1. The van der Waals surface area contributed by atoms with Crippen molar-refractivity contribution in [3.63, 3.8) is 0 Å². The van der Waals surface area contributed by atoms with Gasteiger partial charge in [0.25, 0.3) is 0 Å². The van der Waals surface area contributed by atoms with Crippen LogP contribution in [0, 0.1) is 6.92 Å². The normalized spacial score (nSPS) is 10.8. The van der Waals surface area contributed by atoms with Crippen molar-refractivity contribution in [1.29, 1.82) is 0 Å². The molecule has 0 radical (unpaired) electrons. The minimum atomic E-state index is 0.560. The molecule has 1 heterocycles. The van der Waals surface area contributed by atoms with E-state index in [0.29, 0.717) is 23.2 Å². The highest BCUT2D eigenvalue weighted by molar-refractivity contribution is 9.10. The molecule has 0 saturated heterocycles. The quantitative estimate of drug-likeness (QED) is 0.924. The molecule has 0 aliphatic carbocycles. The summed E-state index contributed by atoms with van der Waals surface area (Å²) < 4.78 is 8.47. The van der Waals surface area contributed by atoms with E-state index in [9.17, 15) is 0 Å². The summed E-state index contributed by atoms with van der Waals surface area (Å²) in [6, 6.07) is 5.40. The van der Waals surface area contributed by atoms with E-state index in [-0.39, 0.29) is 0 Å². The highest BCUT2D eigenvalue weighted by Gasteiger charge is 2.15. The van der Waals surface area contributed by atoms with Crippen LogP contribution in [0.5, 0.6) is 11.6 Å². The maximum Gasteiger partial charge on any atom is 0.221 e. The second-order valence-corrected chi connectivity index (χ2v) is 5.50. The molecule has 2 rings (SSSR count). The van der Waals surface area contributed by atoms with Crippen LogP contribution < -0.4 is 10.5 Å². The Balaban J connectivity index is 2.37. The Labute approximate surface area is 125 Å². The van der Waals surface area contributed by atoms with Crippen LogP contribution in [0.3, 0.4) is 0 Å². The summed E-state index contributed by atoms with van der Waals surface area (Å²) in [6.07, 6.45) is 0.736. The third kappa shape index (κ3) is 3.11. The van der Waals surface area contributed by atoms with Crippen LogP contribution in [-0.4, -0.2) is 16.3 Å². The third-order valence-corrected chi connectivity index (χ3v) is 3.64. The number of ether oxygens (including phenoxy) is 1. The van der Waals surface area contributed by atoms with E-state index >= 15 is 0 Å². The second-order valence-electron chi connectivity index (χ2n) is 4.21. The van der Waals surface area contributed by atoms with E-state index in [4.69, 9.17) is 22.1 Å². The SMILES string of the molecule is Cc1nn(C)c(Oc2ccc(Cl)cc2Br)c1CCN. The molecule has 6 heteroatoms. The van der Waals surface area contributed by atoms with Gasteiger partial charge in [0, 0.05) is 17.6 Å². The van der Waals surface area contributed by atoms with Crippen molar-refractivity contribution in [2.24, 2.45) is 12.8 Å². The fourth-order valence-corrected chi connectivity index (χ4v) is 2.67. The van der Waals surface area contributed by atoms with E-state index in [1.807, 2.05) is 20.0 Å². The van der Waals surface area contributed by atoms with E-state index in [1.165, 1.54) is 0 Å². The van der Waals surface area contributed by atoms with Gasteiger partial charge in [0.2, 0.25) is 5.88 Å². The van der Waals surface area contributed by atoms with Gasteiger partial charge in [-0.05, 0) is 54.0 Å². The Morgan fingerprint density at radius 3 is 2.84 bits per heavy atom. The molecule has 2 aromatic rings. The molecule has 0 atom stereocenters. The Hall–Kier alpha value is -1.04. The van der Waals surface area contributed by atoms with E-state index in [1.54, 1.807) is 16.8 Å². The van der Waals surface area contributed by atoms with E-state index < -0.39 is 0 Å². The van der Waals surface area contributed by atoms with Gasteiger partial charge in [0.15, 0.2) is 0 Å². The fourth-order valence-electron chi connectivity index (χ4n) is 1.90.